The van der Waals surface area contributed by atoms with Gasteiger partial charge in [-0.1, -0.05) is 18.2 Å². The number of rotatable bonds is 3. The number of benzene rings is 1. The van der Waals surface area contributed by atoms with E-state index in [1.54, 1.807) is 0 Å². The van der Waals surface area contributed by atoms with Crippen LogP contribution < -0.4 is 5.32 Å². The summed E-state index contributed by atoms with van der Waals surface area (Å²) in [5, 5.41) is 11.6. The van der Waals surface area contributed by atoms with Gasteiger partial charge in [0.1, 0.15) is 5.82 Å². The Kier molecular flexibility index (Phi) is 3.07. The van der Waals surface area contributed by atoms with E-state index in [1.807, 2.05) is 6.20 Å². The van der Waals surface area contributed by atoms with E-state index < -0.39 is 0 Å². The van der Waals surface area contributed by atoms with Crippen LogP contribution in [0, 0.1) is 0 Å². The molecule has 4 heteroatoms. The third kappa shape index (κ3) is 2.49. The Labute approximate surface area is 123 Å². The van der Waals surface area contributed by atoms with Crippen LogP contribution in [0.15, 0.2) is 36.5 Å². The molecule has 0 spiro atoms. The van der Waals surface area contributed by atoms with E-state index in [9.17, 15) is 0 Å². The largest absolute Gasteiger partial charge is 0.370 e. The molecule has 21 heavy (non-hydrogen) atoms. The molecule has 4 rings (SSSR count). The number of nitrogens with zero attached hydrogens (tertiary/aromatic N) is 2. The highest BCUT2D eigenvalue weighted by Gasteiger charge is 2.10. The molecule has 2 N–H and O–H groups in total. The van der Waals surface area contributed by atoms with E-state index in [-0.39, 0.29) is 0 Å². The Morgan fingerprint density at radius 2 is 2.10 bits per heavy atom. The predicted octanol–water partition coefficient (Wildman–Crippen LogP) is 3.10. The van der Waals surface area contributed by atoms with Crippen LogP contribution >= 0.6 is 0 Å². The normalized spacial score (nSPS) is 13.9. The summed E-state index contributed by atoms with van der Waals surface area (Å²) in [5.74, 6) is 1.09. The average Bonchev–Trinajstić information content (AvgIpc) is 3.00. The zero-order valence-electron chi connectivity index (χ0n) is 11.9. The van der Waals surface area contributed by atoms with Crippen LogP contribution in [0.25, 0.3) is 10.9 Å². The van der Waals surface area contributed by atoms with Gasteiger partial charge in [-0.15, -0.1) is 0 Å². The van der Waals surface area contributed by atoms with Crippen molar-refractivity contribution in [1.82, 2.24) is 15.2 Å². The number of aryl methyl sites for hydroxylation is 3. The monoisotopic (exact) mass is 278 g/mol. The van der Waals surface area contributed by atoms with Crippen molar-refractivity contribution >= 4 is 16.7 Å². The topological polar surface area (TPSA) is 53.6 Å². The van der Waals surface area contributed by atoms with Crippen molar-refractivity contribution in [3.8, 4) is 0 Å². The summed E-state index contributed by atoms with van der Waals surface area (Å²) in [5.41, 5.74) is 4.93. The maximum absolute atomic E-state index is 4.75. The van der Waals surface area contributed by atoms with Gasteiger partial charge in [-0.25, -0.2) is 4.98 Å². The summed E-state index contributed by atoms with van der Waals surface area (Å²) in [7, 11) is 0. The van der Waals surface area contributed by atoms with Crippen LogP contribution in [-0.4, -0.2) is 21.7 Å². The Balaban J connectivity index is 1.50. The number of anilines is 1. The Morgan fingerprint density at radius 1 is 1.10 bits per heavy atom. The first-order chi connectivity index (χ1) is 10.4. The molecule has 0 saturated heterocycles. The zero-order chi connectivity index (χ0) is 14.1. The van der Waals surface area contributed by atoms with E-state index in [2.05, 4.69) is 45.8 Å². The molecule has 0 radical (unpaired) electrons. The van der Waals surface area contributed by atoms with E-state index in [4.69, 9.17) is 4.98 Å². The highest BCUT2D eigenvalue weighted by molar-refractivity contribution is 5.78. The van der Waals surface area contributed by atoms with Crippen LogP contribution in [0.2, 0.25) is 0 Å². The minimum absolute atomic E-state index is 0.967. The van der Waals surface area contributed by atoms with Gasteiger partial charge >= 0.3 is 0 Å². The number of pyridine rings is 1. The fourth-order valence-corrected chi connectivity index (χ4v) is 2.92. The summed E-state index contributed by atoms with van der Waals surface area (Å²) in [4.78, 5) is 4.75. The molecule has 3 aromatic rings. The number of aromatic nitrogens is 3. The summed E-state index contributed by atoms with van der Waals surface area (Å²) in [6.07, 6.45) is 6.18. The lowest BCUT2D eigenvalue weighted by atomic mass is 10.0. The number of H-pyrrole nitrogens is 1. The van der Waals surface area contributed by atoms with Crippen molar-refractivity contribution in [1.29, 1.82) is 0 Å². The molecule has 0 atom stereocenters. The van der Waals surface area contributed by atoms with Crippen LogP contribution in [0.3, 0.4) is 0 Å². The molecule has 1 aromatic carbocycles. The first-order valence-electron chi connectivity index (χ1n) is 7.53. The molecule has 1 aliphatic rings. The smallest absolute Gasteiger partial charge is 0.129 e. The Morgan fingerprint density at radius 3 is 3.10 bits per heavy atom. The SMILES string of the molecule is c1cc2cn[nH]c2cc1CCc1ccc2c(n1)NCCC2. The molecule has 0 unspecified atom stereocenters. The quantitative estimate of drug-likeness (QED) is 0.774. The Bertz CT molecular complexity index is 775. The number of hydrogen-bond donors (Lipinski definition) is 2. The number of nitrogens with one attached hydrogen (secondary N) is 2. The molecule has 0 bridgehead atoms. The van der Waals surface area contributed by atoms with E-state index in [0.717, 1.165) is 48.2 Å². The van der Waals surface area contributed by atoms with Crippen molar-refractivity contribution in [3.63, 3.8) is 0 Å². The van der Waals surface area contributed by atoms with Crippen LogP contribution in [0.5, 0.6) is 0 Å². The molecule has 0 aliphatic carbocycles. The maximum Gasteiger partial charge on any atom is 0.129 e. The standard InChI is InChI=1S/C17H18N4/c1-2-13-6-8-15(20-17(13)18-9-1)7-4-12-3-5-14-11-19-21-16(14)10-12/h3,5-6,8,10-11H,1-2,4,7,9H2,(H,18,20)(H,19,21). The third-order valence-corrected chi connectivity index (χ3v) is 4.13. The van der Waals surface area contributed by atoms with Gasteiger partial charge in [0.05, 0.1) is 11.7 Å². The van der Waals surface area contributed by atoms with Gasteiger partial charge in [0.2, 0.25) is 0 Å². The highest BCUT2D eigenvalue weighted by Crippen LogP contribution is 2.20. The lowest BCUT2D eigenvalue weighted by Gasteiger charge is -2.17. The summed E-state index contributed by atoms with van der Waals surface area (Å²) in [6.45, 7) is 1.04. The first-order valence-corrected chi connectivity index (χ1v) is 7.53. The van der Waals surface area contributed by atoms with E-state index in [1.165, 1.54) is 17.5 Å². The van der Waals surface area contributed by atoms with Crippen LogP contribution in [0.4, 0.5) is 5.82 Å². The summed E-state index contributed by atoms with van der Waals surface area (Å²) >= 11 is 0. The molecule has 0 saturated carbocycles. The molecule has 4 nitrogen and oxygen atoms in total. The fraction of sp³-hybridized carbons (Fsp3) is 0.294. The highest BCUT2D eigenvalue weighted by atomic mass is 15.1. The second-order valence-corrected chi connectivity index (χ2v) is 5.63. The third-order valence-electron chi connectivity index (χ3n) is 4.13. The van der Waals surface area contributed by atoms with Crippen molar-refractivity contribution in [2.24, 2.45) is 0 Å². The van der Waals surface area contributed by atoms with Crippen molar-refractivity contribution in [2.45, 2.75) is 25.7 Å². The molecular weight excluding hydrogens is 260 g/mol. The second-order valence-electron chi connectivity index (χ2n) is 5.63. The molecular formula is C17H18N4. The first kappa shape index (κ1) is 12.4. The lowest BCUT2D eigenvalue weighted by Crippen LogP contribution is -2.14. The van der Waals surface area contributed by atoms with Gasteiger partial charge in [-0.05, 0) is 48.9 Å². The molecule has 1 aliphatic heterocycles. The summed E-state index contributed by atoms with van der Waals surface area (Å²) < 4.78 is 0. The number of aromatic amines is 1. The van der Waals surface area contributed by atoms with Gasteiger partial charge in [0.25, 0.3) is 0 Å². The fourth-order valence-electron chi connectivity index (χ4n) is 2.92. The van der Waals surface area contributed by atoms with Gasteiger partial charge < -0.3 is 5.32 Å². The Hall–Kier alpha value is -2.36. The van der Waals surface area contributed by atoms with Crippen molar-refractivity contribution < 1.29 is 0 Å². The van der Waals surface area contributed by atoms with Gasteiger partial charge in [-0.3, -0.25) is 5.10 Å². The zero-order valence-corrected chi connectivity index (χ0v) is 11.9. The molecule has 106 valence electrons. The maximum atomic E-state index is 4.75. The van der Waals surface area contributed by atoms with Crippen molar-refractivity contribution in [2.75, 3.05) is 11.9 Å². The average molecular weight is 278 g/mol. The lowest BCUT2D eigenvalue weighted by molar-refractivity contribution is 0.806. The second kappa shape index (κ2) is 5.20. The molecule has 3 heterocycles. The summed E-state index contributed by atoms with van der Waals surface area (Å²) in [6, 6.07) is 10.9. The number of fused-ring (bicyclic) bond motifs is 2. The molecule has 0 amide bonds. The van der Waals surface area contributed by atoms with Crippen molar-refractivity contribution in [3.05, 3.63) is 53.3 Å². The van der Waals surface area contributed by atoms with Gasteiger partial charge in [-0.2, -0.15) is 5.10 Å². The molecule has 0 fully saturated rings. The minimum atomic E-state index is 0.967. The van der Waals surface area contributed by atoms with Crippen LogP contribution in [0.1, 0.15) is 23.2 Å². The van der Waals surface area contributed by atoms with Gasteiger partial charge in [0, 0.05) is 17.6 Å². The van der Waals surface area contributed by atoms with Crippen LogP contribution in [-0.2, 0) is 19.3 Å². The number of hydrogen-bond acceptors (Lipinski definition) is 3. The van der Waals surface area contributed by atoms with E-state index >= 15 is 0 Å². The van der Waals surface area contributed by atoms with Gasteiger partial charge in [0.15, 0.2) is 0 Å². The minimum Gasteiger partial charge on any atom is -0.370 e. The molecule has 2 aromatic heterocycles. The predicted molar refractivity (Wildman–Crippen MR) is 84.5 cm³/mol. The van der Waals surface area contributed by atoms with E-state index in [0.29, 0.717) is 0 Å².